The number of carbonyl (C=O) groups excluding carboxylic acids is 3. The maximum Gasteiger partial charge on any atom is 0.344 e. The molecule has 0 aliphatic heterocycles. The van der Waals surface area contributed by atoms with Crippen molar-refractivity contribution in [3.05, 3.63) is 59.2 Å². The van der Waals surface area contributed by atoms with Crippen LogP contribution in [0.4, 0.5) is 5.69 Å². The molecule has 0 bridgehead atoms. The second-order valence-corrected chi connectivity index (χ2v) is 5.90. The number of benzene rings is 2. The Morgan fingerprint density at radius 2 is 1.74 bits per heavy atom. The minimum Gasteiger partial charge on any atom is -0.482 e. The van der Waals surface area contributed by atoms with E-state index in [2.05, 4.69) is 10.6 Å². The molecule has 0 aliphatic rings. The molecule has 7 nitrogen and oxygen atoms in total. The highest BCUT2D eigenvalue weighted by molar-refractivity contribution is 5.97. The Balaban J connectivity index is 1.78. The summed E-state index contributed by atoms with van der Waals surface area (Å²) in [5, 5.41) is 5.07. The van der Waals surface area contributed by atoms with E-state index < -0.39 is 18.5 Å². The second kappa shape index (κ2) is 9.38. The summed E-state index contributed by atoms with van der Waals surface area (Å²) >= 11 is 0. The molecule has 2 aromatic rings. The molecule has 142 valence electrons. The van der Waals surface area contributed by atoms with Gasteiger partial charge < -0.3 is 20.1 Å². The highest BCUT2D eigenvalue weighted by atomic mass is 16.6. The average Bonchev–Trinajstić information content (AvgIpc) is 2.66. The molecule has 0 heterocycles. The lowest BCUT2D eigenvalue weighted by Gasteiger charge is -2.09. The summed E-state index contributed by atoms with van der Waals surface area (Å²) in [7, 11) is 1.52. The first kappa shape index (κ1) is 20.0. The predicted molar refractivity (Wildman–Crippen MR) is 101 cm³/mol. The number of rotatable bonds is 7. The van der Waals surface area contributed by atoms with Crippen LogP contribution >= 0.6 is 0 Å². The zero-order valence-electron chi connectivity index (χ0n) is 15.5. The molecule has 7 heteroatoms. The molecular weight excluding hydrogens is 348 g/mol. The van der Waals surface area contributed by atoms with E-state index in [1.54, 1.807) is 24.3 Å². The van der Waals surface area contributed by atoms with Crippen LogP contribution in [-0.4, -0.2) is 38.0 Å². The van der Waals surface area contributed by atoms with Crippen molar-refractivity contribution in [3.63, 3.8) is 0 Å². The van der Waals surface area contributed by atoms with Crippen molar-refractivity contribution >= 4 is 23.5 Å². The zero-order chi connectivity index (χ0) is 19.8. The normalized spacial score (nSPS) is 10.0. The molecular formula is C20H22N2O5. The van der Waals surface area contributed by atoms with E-state index in [0.717, 1.165) is 11.1 Å². The third kappa shape index (κ3) is 6.14. The highest BCUT2D eigenvalue weighted by Crippen LogP contribution is 2.16. The lowest BCUT2D eigenvalue weighted by atomic mass is 10.1. The first-order valence-corrected chi connectivity index (χ1v) is 8.36. The molecule has 2 rings (SSSR count). The van der Waals surface area contributed by atoms with E-state index >= 15 is 0 Å². The Morgan fingerprint density at radius 3 is 2.44 bits per heavy atom. The van der Waals surface area contributed by atoms with E-state index in [1.165, 1.54) is 13.1 Å². The van der Waals surface area contributed by atoms with Gasteiger partial charge in [0.1, 0.15) is 5.75 Å². The second-order valence-electron chi connectivity index (χ2n) is 5.90. The summed E-state index contributed by atoms with van der Waals surface area (Å²) in [5.74, 6) is -0.863. The first-order chi connectivity index (χ1) is 12.9. The quantitative estimate of drug-likeness (QED) is 0.729. The van der Waals surface area contributed by atoms with Gasteiger partial charge in [0.2, 0.25) is 0 Å². The standard InChI is InChI=1S/C20H22N2O5/c1-13-7-8-17(9-14(13)2)26-12-19(24)27-11-18(23)22-16-6-4-5-15(10-16)20(25)21-3/h4-10H,11-12H2,1-3H3,(H,21,25)(H,22,23). The Kier molecular flexibility index (Phi) is 6.93. The van der Waals surface area contributed by atoms with E-state index in [0.29, 0.717) is 17.0 Å². The third-order valence-electron chi connectivity index (χ3n) is 3.83. The maximum absolute atomic E-state index is 11.9. The number of amides is 2. The van der Waals surface area contributed by atoms with Crippen molar-refractivity contribution in [2.24, 2.45) is 0 Å². The summed E-state index contributed by atoms with van der Waals surface area (Å²) in [6, 6.07) is 11.9. The molecule has 0 aromatic heterocycles. The number of ether oxygens (including phenoxy) is 2. The maximum atomic E-state index is 11.9. The van der Waals surface area contributed by atoms with Crippen molar-refractivity contribution in [1.82, 2.24) is 5.32 Å². The Morgan fingerprint density at radius 1 is 0.963 bits per heavy atom. The molecule has 27 heavy (non-hydrogen) atoms. The monoisotopic (exact) mass is 370 g/mol. The van der Waals surface area contributed by atoms with E-state index in [1.807, 2.05) is 26.0 Å². The van der Waals surface area contributed by atoms with Gasteiger partial charge in [0.15, 0.2) is 13.2 Å². The van der Waals surface area contributed by atoms with Gasteiger partial charge in [0.05, 0.1) is 0 Å². The first-order valence-electron chi connectivity index (χ1n) is 8.36. The molecule has 0 radical (unpaired) electrons. The highest BCUT2D eigenvalue weighted by Gasteiger charge is 2.10. The number of hydrogen-bond acceptors (Lipinski definition) is 5. The molecule has 2 aromatic carbocycles. The van der Waals surface area contributed by atoms with Gasteiger partial charge in [0.25, 0.3) is 11.8 Å². The van der Waals surface area contributed by atoms with Crippen LogP contribution in [0, 0.1) is 13.8 Å². The van der Waals surface area contributed by atoms with Gasteiger partial charge in [-0.3, -0.25) is 9.59 Å². The van der Waals surface area contributed by atoms with E-state index in [9.17, 15) is 14.4 Å². The fourth-order valence-corrected chi connectivity index (χ4v) is 2.21. The Bertz CT molecular complexity index is 848. The Hall–Kier alpha value is -3.35. The number of esters is 1. The van der Waals surface area contributed by atoms with E-state index in [-0.39, 0.29) is 12.5 Å². The predicted octanol–water partition coefficient (Wildman–Crippen LogP) is 2.22. The van der Waals surface area contributed by atoms with Gasteiger partial charge >= 0.3 is 5.97 Å². The van der Waals surface area contributed by atoms with Crippen molar-refractivity contribution in [1.29, 1.82) is 0 Å². The molecule has 0 spiro atoms. The summed E-state index contributed by atoms with van der Waals surface area (Å²) in [4.78, 5) is 35.2. The topological polar surface area (TPSA) is 93.7 Å². The lowest BCUT2D eigenvalue weighted by molar-refractivity contribution is -0.149. The Labute approximate surface area is 157 Å². The minimum atomic E-state index is -0.650. The van der Waals surface area contributed by atoms with Crippen molar-refractivity contribution in [2.45, 2.75) is 13.8 Å². The van der Waals surface area contributed by atoms with Gasteiger partial charge in [-0.1, -0.05) is 12.1 Å². The van der Waals surface area contributed by atoms with Crippen LogP contribution in [0.2, 0.25) is 0 Å². The number of carbonyl (C=O) groups is 3. The molecule has 0 aliphatic carbocycles. The van der Waals surface area contributed by atoms with Crippen LogP contribution < -0.4 is 15.4 Å². The van der Waals surface area contributed by atoms with Gasteiger partial charge in [-0.05, 0) is 55.3 Å². The number of hydrogen-bond donors (Lipinski definition) is 2. The third-order valence-corrected chi connectivity index (χ3v) is 3.83. The molecule has 0 atom stereocenters. The van der Waals surface area contributed by atoms with Crippen molar-refractivity contribution < 1.29 is 23.9 Å². The van der Waals surface area contributed by atoms with Crippen LogP contribution in [0.3, 0.4) is 0 Å². The minimum absolute atomic E-state index is 0.263. The summed E-state index contributed by atoms with van der Waals surface area (Å²) in [6.45, 7) is 3.20. The summed E-state index contributed by atoms with van der Waals surface area (Å²) < 4.78 is 10.3. The molecule has 0 saturated carbocycles. The van der Waals surface area contributed by atoms with Crippen LogP contribution in [-0.2, 0) is 14.3 Å². The van der Waals surface area contributed by atoms with Gasteiger partial charge in [-0.15, -0.1) is 0 Å². The fourth-order valence-electron chi connectivity index (χ4n) is 2.21. The molecule has 0 unspecified atom stereocenters. The SMILES string of the molecule is CNC(=O)c1cccc(NC(=O)COC(=O)COc2ccc(C)c(C)c2)c1. The number of nitrogens with one attached hydrogen (secondary N) is 2. The van der Waals surface area contributed by atoms with Crippen LogP contribution in [0.1, 0.15) is 21.5 Å². The van der Waals surface area contributed by atoms with Gasteiger partial charge in [-0.2, -0.15) is 0 Å². The van der Waals surface area contributed by atoms with Crippen LogP contribution in [0.15, 0.2) is 42.5 Å². The smallest absolute Gasteiger partial charge is 0.344 e. The fraction of sp³-hybridized carbons (Fsp3) is 0.250. The number of aryl methyl sites for hydroxylation is 2. The number of anilines is 1. The van der Waals surface area contributed by atoms with E-state index in [4.69, 9.17) is 9.47 Å². The van der Waals surface area contributed by atoms with Gasteiger partial charge in [0, 0.05) is 18.3 Å². The largest absolute Gasteiger partial charge is 0.482 e. The van der Waals surface area contributed by atoms with Crippen molar-refractivity contribution in [2.75, 3.05) is 25.6 Å². The average molecular weight is 370 g/mol. The summed E-state index contributed by atoms with van der Waals surface area (Å²) in [5.41, 5.74) is 3.03. The molecule has 0 saturated heterocycles. The summed E-state index contributed by atoms with van der Waals surface area (Å²) in [6.07, 6.45) is 0. The molecule has 2 amide bonds. The van der Waals surface area contributed by atoms with Crippen LogP contribution in [0.5, 0.6) is 5.75 Å². The lowest BCUT2D eigenvalue weighted by Crippen LogP contribution is -2.24. The molecule has 2 N–H and O–H groups in total. The van der Waals surface area contributed by atoms with Gasteiger partial charge in [-0.25, -0.2) is 4.79 Å². The van der Waals surface area contributed by atoms with Crippen LogP contribution in [0.25, 0.3) is 0 Å². The zero-order valence-corrected chi connectivity index (χ0v) is 15.5. The van der Waals surface area contributed by atoms with Crippen molar-refractivity contribution in [3.8, 4) is 5.75 Å². The molecule has 0 fully saturated rings.